The van der Waals surface area contributed by atoms with Gasteiger partial charge in [-0.05, 0) is 6.92 Å². The van der Waals surface area contributed by atoms with Gasteiger partial charge in [0.15, 0.2) is 17.5 Å². The number of hydrogen-bond acceptors (Lipinski definition) is 4. The number of rotatable bonds is 0. The molecule has 0 N–H and O–H groups in total. The van der Waals surface area contributed by atoms with Gasteiger partial charge in [0.1, 0.15) is 17.7 Å². The molecule has 0 bridgehead atoms. The minimum Gasteiger partial charge on any atom is -0.288 e. The summed E-state index contributed by atoms with van der Waals surface area (Å²) in [6.45, 7) is 1.55. The van der Waals surface area contributed by atoms with Crippen molar-refractivity contribution in [2.75, 3.05) is 0 Å². The second-order valence-electron chi connectivity index (χ2n) is 3.62. The Labute approximate surface area is 106 Å². The van der Waals surface area contributed by atoms with Gasteiger partial charge in [0.2, 0.25) is 0 Å². The van der Waals surface area contributed by atoms with E-state index >= 15 is 0 Å². The molecule has 0 radical (unpaired) electrons. The van der Waals surface area contributed by atoms with Gasteiger partial charge < -0.3 is 0 Å². The summed E-state index contributed by atoms with van der Waals surface area (Å²) in [5.74, 6) is -0.515. The molecular formula is C12H6F2N2OS. The number of nitrogens with zero attached hydrogens (tertiary/aromatic N) is 2. The summed E-state index contributed by atoms with van der Waals surface area (Å²) in [4.78, 5) is 11.9. The number of hydrogen-bond donors (Lipinski definition) is 0. The molecule has 0 saturated carbocycles. The van der Waals surface area contributed by atoms with Crippen molar-refractivity contribution in [1.29, 1.82) is 10.5 Å². The maximum absolute atomic E-state index is 13.8. The fourth-order valence-electron chi connectivity index (χ4n) is 1.98. The highest BCUT2D eigenvalue weighted by molar-refractivity contribution is 8.04. The molecule has 0 fully saturated rings. The third kappa shape index (κ3) is 1.50. The van der Waals surface area contributed by atoms with Crippen LogP contribution in [0.1, 0.15) is 6.92 Å². The van der Waals surface area contributed by atoms with Crippen LogP contribution in [0.25, 0.3) is 0 Å². The molecule has 0 aromatic rings. The van der Waals surface area contributed by atoms with E-state index in [0.29, 0.717) is 11.8 Å². The lowest BCUT2D eigenvalue weighted by Crippen LogP contribution is -2.14. The molecule has 1 aliphatic heterocycles. The zero-order valence-electron chi connectivity index (χ0n) is 9.20. The van der Waals surface area contributed by atoms with E-state index in [4.69, 9.17) is 10.5 Å². The van der Waals surface area contributed by atoms with E-state index in [2.05, 4.69) is 0 Å². The Morgan fingerprint density at radius 3 is 2.50 bits per heavy atom. The molecule has 0 spiro atoms. The Balaban J connectivity index is 2.73. The van der Waals surface area contributed by atoms with E-state index in [-0.39, 0.29) is 27.2 Å². The summed E-state index contributed by atoms with van der Waals surface area (Å²) < 4.78 is 27.0. The average molecular weight is 264 g/mol. The van der Waals surface area contributed by atoms with E-state index in [1.165, 1.54) is 6.08 Å². The molecule has 90 valence electrons. The molecule has 0 amide bonds. The topological polar surface area (TPSA) is 64.7 Å². The van der Waals surface area contributed by atoms with Gasteiger partial charge in [-0.3, -0.25) is 4.79 Å². The average Bonchev–Trinajstić information content (AvgIpc) is 2.79. The van der Waals surface area contributed by atoms with Crippen LogP contribution in [0.15, 0.2) is 33.3 Å². The molecule has 18 heavy (non-hydrogen) atoms. The third-order valence-electron chi connectivity index (χ3n) is 2.73. The minimum atomic E-state index is -1.97. The first-order valence-corrected chi connectivity index (χ1v) is 5.90. The van der Waals surface area contributed by atoms with Crippen LogP contribution in [-0.4, -0.2) is 17.5 Å². The lowest BCUT2D eigenvalue weighted by molar-refractivity contribution is -0.111. The van der Waals surface area contributed by atoms with Crippen LogP contribution in [0, 0.1) is 22.7 Å². The smallest absolute Gasteiger partial charge is 0.200 e. The quantitative estimate of drug-likeness (QED) is 0.498. The van der Waals surface area contributed by atoms with Crippen LogP contribution in [0.5, 0.6) is 0 Å². The third-order valence-corrected chi connectivity index (χ3v) is 3.84. The van der Waals surface area contributed by atoms with Crippen molar-refractivity contribution in [2.45, 2.75) is 18.6 Å². The molecule has 2 rings (SSSR count). The lowest BCUT2D eigenvalue weighted by Gasteiger charge is -2.10. The number of carbonyl (C=O) groups is 1. The van der Waals surface area contributed by atoms with Gasteiger partial charge in [0, 0.05) is 16.7 Å². The first-order chi connectivity index (χ1) is 8.56. The summed E-state index contributed by atoms with van der Waals surface area (Å²) >= 11 is 0.508. The summed E-state index contributed by atoms with van der Waals surface area (Å²) in [6.07, 6.45) is -0.566. The number of halogens is 2. The Morgan fingerprint density at radius 2 is 2.00 bits per heavy atom. The highest BCUT2D eigenvalue weighted by Gasteiger charge is 2.48. The molecule has 2 unspecified atom stereocenters. The highest BCUT2D eigenvalue weighted by atomic mass is 32.2. The van der Waals surface area contributed by atoms with Gasteiger partial charge >= 0.3 is 0 Å². The number of ketones is 1. The van der Waals surface area contributed by atoms with Crippen molar-refractivity contribution in [3.8, 4) is 12.1 Å². The van der Waals surface area contributed by atoms with E-state index in [9.17, 15) is 13.6 Å². The number of allylic oxidation sites excluding steroid dienone is 6. The van der Waals surface area contributed by atoms with Crippen molar-refractivity contribution in [3.63, 3.8) is 0 Å². The van der Waals surface area contributed by atoms with Crippen molar-refractivity contribution < 1.29 is 13.6 Å². The van der Waals surface area contributed by atoms with Gasteiger partial charge in [0.05, 0.1) is 4.91 Å². The minimum absolute atomic E-state index is 0.0268. The predicted octanol–water partition coefficient (Wildman–Crippen LogP) is 2.49. The maximum atomic E-state index is 13.8. The van der Waals surface area contributed by atoms with Gasteiger partial charge in [-0.15, -0.1) is 0 Å². The van der Waals surface area contributed by atoms with E-state index in [1.54, 1.807) is 19.1 Å². The molecule has 0 aromatic heterocycles. The number of thioether (sulfide) groups is 1. The first kappa shape index (κ1) is 12.5. The van der Waals surface area contributed by atoms with Gasteiger partial charge in [-0.25, -0.2) is 8.78 Å². The second kappa shape index (κ2) is 4.40. The van der Waals surface area contributed by atoms with Gasteiger partial charge in [-0.1, -0.05) is 17.8 Å². The summed E-state index contributed by atoms with van der Waals surface area (Å²) in [6, 6.07) is 3.24. The van der Waals surface area contributed by atoms with Crippen LogP contribution in [0.4, 0.5) is 8.78 Å². The largest absolute Gasteiger partial charge is 0.288 e. The zero-order valence-corrected chi connectivity index (χ0v) is 10.0. The molecule has 0 aromatic carbocycles. The van der Waals surface area contributed by atoms with Gasteiger partial charge in [-0.2, -0.15) is 10.5 Å². The number of alkyl halides is 2. The van der Waals surface area contributed by atoms with Crippen molar-refractivity contribution >= 4 is 17.5 Å². The Bertz CT molecular complexity index is 603. The molecular weight excluding hydrogens is 258 g/mol. The Morgan fingerprint density at radius 1 is 1.39 bits per heavy atom. The molecule has 1 aliphatic carbocycles. The number of nitriles is 2. The summed E-state index contributed by atoms with van der Waals surface area (Å²) in [7, 11) is 0. The van der Waals surface area contributed by atoms with E-state index < -0.39 is 17.5 Å². The maximum Gasteiger partial charge on any atom is 0.200 e. The van der Waals surface area contributed by atoms with E-state index in [0.717, 1.165) is 0 Å². The van der Waals surface area contributed by atoms with Gasteiger partial charge in [0.25, 0.3) is 0 Å². The number of carbonyl (C=O) groups excluding carboxylic acids is 1. The number of Topliss-reactive ketones (excluding diaryl/α,β-unsaturated/α-hetero) is 1. The standard InChI is InChI=1S/C12H6F2N2OS/c1-2-6-7(5(3-15)4-16)8-9(13)12(14)18-11(8)10(6)17/h2,9,12H,1H3/b6-2-. The molecule has 3 nitrogen and oxygen atoms in total. The summed E-state index contributed by atoms with van der Waals surface area (Å²) in [5.41, 5.74) is -2.32. The van der Waals surface area contributed by atoms with Crippen LogP contribution in [0.2, 0.25) is 0 Å². The second-order valence-corrected chi connectivity index (χ2v) is 4.71. The molecule has 6 heteroatoms. The normalized spacial score (nSPS) is 28.4. The van der Waals surface area contributed by atoms with Crippen LogP contribution >= 0.6 is 11.8 Å². The Hall–Kier alpha value is -1.92. The fourth-order valence-corrected chi connectivity index (χ4v) is 3.02. The molecule has 2 aliphatic rings. The lowest BCUT2D eigenvalue weighted by atomic mass is 9.96. The van der Waals surface area contributed by atoms with E-state index in [1.807, 2.05) is 0 Å². The zero-order chi connectivity index (χ0) is 13.4. The molecule has 1 heterocycles. The highest BCUT2D eigenvalue weighted by Crippen LogP contribution is 2.51. The van der Waals surface area contributed by atoms with Crippen molar-refractivity contribution in [1.82, 2.24) is 0 Å². The molecule has 2 atom stereocenters. The summed E-state index contributed by atoms with van der Waals surface area (Å²) in [5, 5.41) is 17.7. The van der Waals surface area contributed by atoms with Crippen LogP contribution in [0.3, 0.4) is 0 Å². The van der Waals surface area contributed by atoms with Crippen LogP contribution in [-0.2, 0) is 4.79 Å². The van der Waals surface area contributed by atoms with Crippen molar-refractivity contribution in [2.24, 2.45) is 0 Å². The SMILES string of the molecule is C/C=C1\C(=O)C2=C(C1=C(C#N)C#N)C(F)C(F)S2. The van der Waals surface area contributed by atoms with Crippen molar-refractivity contribution in [3.05, 3.63) is 33.3 Å². The first-order valence-electron chi connectivity index (χ1n) is 5.02. The monoisotopic (exact) mass is 264 g/mol. The Kier molecular flexibility index (Phi) is 3.06. The fraction of sp³-hybridized carbons (Fsp3) is 0.250. The molecule has 0 saturated heterocycles. The predicted molar refractivity (Wildman–Crippen MR) is 61.4 cm³/mol. The van der Waals surface area contributed by atoms with Crippen LogP contribution < -0.4 is 0 Å².